The zero-order chi connectivity index (χ0) is 18.7. The van der Waals surface area contributed by atoms with Crippen LogP contribution in [0.25, 0.3) is 0 Å². The predicted molar refractivity (Wildman–Crippen MR) is 101 cm³/mol. The van der Waals surface area contributed by atoms with Crippen molar-refractivity contribution in [1.29, 1.82) is 0 Å². The summed E-state index contributed by atoms with van der Waals surface area (Å²) >= 11 is 11.8. The maximum Gasteiger partial charge on any atom is 0.261 e. The Bertz CT molecular complexity index is 1050. The second-order valence-corrected chi connectivity index (χ2v) is 7.88. The van der Waals surface area contributed by atoms with Crippen molar-refractivity contribution >= 4 is 44.7 Å². The number of halogens is 2. The van der Waals surface area contributed by atoms with E-state index in [0.717, 1.165) is 0 Å². The highest BCUT2D eigenvalue weighted by molar-refractivity contribution is 7.92. The second-order valence-electron chi connectivity index (χ2n) is 5.32. The number of ketones is 1. The van der Waals surface area contributed by atoms with Crippen LogP contribution >= 0.6 is 23.2 Å². The molecule has 0 aliphatic rings. The summed E-state index contributed by atoms with van der Waals surface area (Å²) in [6.07, 6.45) is 2.94. The summed E-state index contributed by atoms with van der Waals surface area (Å²) in [5, 5.41) is 0.731. The average Bonchev–Trinajstić information content (AvgIpc) is 2.63. The standard InChI is InChI=1S/C18H12Cl2N2O3S/c19-13-3-6-15(7-4-13)26(24,25)22-17-8-5-14(20)10-16(17)18(23)12-2-1-9-21-11-12/h1-11,22H. The lowest BCUT2D eigenvalue weighted by atomic mass is 10.0. The van der Waals surface area contributed by atoms with Gasteiger partial charge in [-0.1, -0.05) is 23.2 Å². The third-order valence-corrected chi connectivity index (χ3v) is 5.39. The third kappa shape index (κ3) is 4.04. The molecule has 0 saturated carbocycles. The van der Waals surface area contributed by atoms with Crippen LogP contribution in [-0.2, 0) is 10.0 Å². The first-order chi connectivity index (χ1) is 12.4. The number of nitrogens with one attached hydrogen (secondary N) is 1. The number of benzene rings is 2. The molecule has 2 aromatic carbocycles. The fourth-order valence-electron chi connectivity index (χ4n) is 2.26. The van der Waals surface area contributed by atoms with Gasteiger partial charge in [-0.25, -0.2) is 8.42 Å². The fourth-order valence-corrected chi connectivity index (χ4v) is 3.64. The Morgan fingerprint density at radius 3 is 2.31 bits per heavy atom. The van der Waals surface area contributed by atoms with Gasteiger partial charge in [0.05, 0.1) is 10.6 Å². The Labute approximate surface area is 160 Å². The molecule has 132 valence electrons. The SMILES string of the molecule is O=C(c1cccnc1)c1cc(Cl)ccc1NS(=O)(=O)c1ccc(Cl)cc1. The number of sulfonamides is 1. The van der Waals surface area contributed by atoms with E-state index in [1.807, 2.05) is 0 Å². The number of nitrogens with zero attached hydrogens (tertiary/aromatic N) is 1. The van der Waals surface area contributed by atoms with Gasteiger partial charge >= 0.3 is 0 Å². The smallest absolute Gasteiger partial charge is 0.261 e. The molecule has 3 rings (SSSR count). The Morgan fingerprint density at radius 2 is 1.65 bits per heavy atom. The van der Waals surface area contributed by atoms with Crippen molar-refractivity contribution in [2.75, 3.05) is 4.72 Å². The van der Waals surface area contributed by atoms with Gasteiger partial charge in [0.2, 0.25) is 0 Å². The molecule has 5 nitrogen and oxygen atoms in total. The van der Waals surface area contributed by atoms with Crippen LogP contribution < -0.4 is 4.72 Å². The molecule has 0 amide bonds. The molecule has 3 aromatic rings. The molecule has 8 heteroatoms. The van der Waals surface area contributed by atoms with Gasteiger partial charge in [-0.05, 0) is 54.6 Å². The third-order valence-electron chi connectivity index (χ3n) is 3.52. The summed E-state index contributed by atoms with van der Waals surface area (Å²) in [6.45, 7) is 0. The summed E-state index contributed by atoms with van der Waals surface area (Å²) in [5.74, 6) is -0.394. The molecule has 0 fully saturated rings. The van der Waals surface area contributed by atoms with E-state index >= 15 is 0 Å². The highest BCUT2D eigenvalue weighted by Gasteiger charge is 2.20. The summed E-state index contributed by atoms with van der Waals surface area (Å²) in [6, 6.07) is 13.3. The molecule has 1 heterocycles. The molecule has 0 aliphatic heterocycles. The van der Waals surface area contributed by atoms with Crippen molar-refractivity contribution in [3.05, 3.63) is 88.2 Å². The number of pyridine rings is 1. The Kier molecular flexibility index (Phi) is 5.27. The number of aromatic nitrogens is 1. The molecule has 0 radical (unpaired) electrons. The average molecular weight is 407 g/mol. The number of carbonyl (C=O) groups excluding carboxylic acids is 1. The van der Waals surface area contributed by atoms with Gasteiger partial charge in [0.25, 0.3) is 10.0 Å². The molecule has 0 aliphatic carbocycles. The van der Waals surface area contributed by atoms with Gasteiger partial charge in [-0.15, -0.1) is 0 Å². The monoisotopic (exact) mass is 406 g/mol. The summed E-state index contributed by atoms with van der Waals surface area (Å²) in [7, 11) is -3.90. The van der Waals surface area contributed by atoms with Gasteiger partial charge < -0.3 is 0 Å². The Hall–Kier alpha value is -2.41. The van der Waals surface area contributed by atoms with E-state index in [2.05, 4.69) is 9.71 Å². The van der Waals surface area contributed by atoms with Crippen LogP contribution in [0.3, 0.4) is 0 Å². The van der Waals surface area contributed by atoms with E-state index in [-0.39, 0.29) is 16.1 Å². The lowest BCUT2D eigenvalue weighted by molar-refractivity contribution is 0.103. The molecule has 0 atom stereocenters. The Balaban J connectivity index is 2.01. The number of rotatable bonds is 5. The van der Waals surface area contributed by atoms with Gasteiger partial charge in [-0.3, -0.25) is 14.5 Å². The number of hydrogen-bond acceptors (Lipinski definition) is 4. The topological polar surface area (TPSA) is 76.1 Å². The number of anilines is 1. The molecule has 0 saturated heterocycles. The fraction of sp³-hybridized carbons (Fsp3) is 0. The molecule has 0 unspecified atom stereocenters. The maximum atomic E-state index is 12.7. The van der Waals surface area contributed by atoms with E-state index in [1.54, 1.807) is 18.3 Å². The van der Waals surface area contributed by atoms with Crippen LogP contribution in [0.4, 0.5) is 5.69 Å². The second kappa shape index (κ2) is 7.45. The van der Waals surface area contributed by atoms with Crippen LogP contribution in [0.2, 0.25) is 10.0 Å². The zero-order valence-corrected chi connectivity index (χ0v) is 15.5. The lowest BCUT2D eigenvalue weighted by Crippen LogP contribution is -2.16. The largest absolute Gasteiger partial charge is 0.288 e. The quantitative estimate of drug-likeness (QED) is 0.636. The van der Waals surface area contributed by atoms with Crippen molar-refractivity contribution in [3.8, 4) is 0 Å². The van der Waals surface area contributed by atoms with Crippen molar-refractivity contribution in [2.45, 2.75) is 4.90 Å². The van der Waals surface area contributed by atoms with E-state index in [9.17, 15) is 13.2 Å². The first-order valence-corrected chi connectivity index (χ1v) is 9.63. The van der Waals surface area contributed by atoms with E-state index < -0.39 is 15.8 Å². The Morgan fingerprint density at radius 1 is 0.962 bits per heavy atom. The highest BCUT2D eigenvalue weighted by Crippen LogP contribution is 2.26. The summed E-state index contributed by atoms with van der Waals surface area (Å²) < 4.78 is 27.6. The van der Waals surface area contributed by atoms with Gasteiger partial charge in [-0.2, -0.15) is 0 Å². The molecular formula is C18H12Cl2N2O3S. The molecular weight excluding hydrogens is 395 g/mol. The molecule has 26 heavy (non-hydrogen) atoms. The maximum absolute atomic E-state index is 12.7. The molecule has 1 N–H and O–H groups in total. The van der Waals surface area contributed by atoms with Crippen molar-refractivity contribution in [2.24, 2.45) is 0 Å². The minimum atomic E-state index is -3.90. The minimum absolute atomic E-state index is 0.0247. The van der Waals surface area contributed by atoms with Crippen LogP contribution in [0, 0.1) is 0 Å². The van der Waals surface area contributed by atoms with Crippen molar-refractivity contribution in [3.63, 3.8) is 0 Å². The van der Waals surface area contributed by atoms with Crippen LogP contribution in [0.5, 0.6) is 0 Å². The van der Waals surface area contributed by atoms with Gasteiger partial charge in [0.15, 0.2) is 5.78 Å². The van der Waals surface area contributed by atoms with Crippen LogP contribution in [0.15, 0.2) is 71.9 Å². The van der Waals surface area contributed by atoms with E-state index in [1.165, 1.54) is 48.7 Å². The molecule has 0 spiro atoms. The number of hydrogen-bond donors (Lipinski definition) is 1. The molecule has 0 bridgehead atoms. The van der Waals surface area contributed by atoms with Crippen molar-refractivity contribution < 1.29 is 13.2 Å². The zero-order valence-electron chi connectivity index (χ0n) is 13.2. The van der Waals surface area contributed by atoms with Crippen LogP contribution in [0.1, 0.15) is 15.9 Å². The van der Waals surface area contributed by atoms with Crippen LogP contribution in [-0.4, -0.2) is 19.2 Å². The van der Waals surface area contributed by atoms with Gasteiger partial charge in [0, 0.05) is 33.6 Å². The van der Waals surface area contributed by atoms with Gasteiger partial charge in [0.1, 0.15) is 0 Å². The first kappa shape index (κ1) is 18.4. The highest BCUT2D eigenvalue weighted by atomic mass is 35.5. The lowest BCUT2D eigenvalue weighted by Gasteiger charge is -2.13. The number of carbonyl (C=O) groups is 1. The normalized spacial score (nSPS) is 11.2. The molecule has 1 aromatic heterocycles. The predicted octanol–water partition coefficient (Wildman–Crippen LogP) is 4.42. The summed E-state index contributed by atoms with van der Waals surface area (Å²) in [5.41, 5.74) is 0.572. The summed E-state index contributed by atoms with van der Waals surface area (Å²) in [4.78, 5) is 16.7. The minimum Gasteiger partial charge on any atom is -0.288 e. The van der Waals surface area contributed by atoms with E-state index in [4.69, 9.17) is 23.2 Å². The van der Waals surface area contributed by atoms with Crippen molar-refractivity contribution in [1.82, 2.24) is 4.98 Å². The first-order valence-electron chi connectivity index (χ1n) is 7.39. The van der Waals surface area contributed by atoms with E-state index in [0.29, 0.717) is 15.6 Å².